The molecule has 4 rings (SSSR count). The van der Waals surface area contributed by atoms with Crippen LogP contribution in [-0.4, -0.2) is 12.7 Å². The second-order valence-electron chi connectivity index (χ2n) is 9.32. The highest BCUT2D eigenvalue weighted by Gasteiger charge is 2.24. The molecule has 0 amide bonds. The third-order valence-electron chi connectivity index (χ3n) is 6.87. The molecule has 0 radical (unpaired) electrons. The first-order chi connectivity index (χ1) is 17.3. The van der Waals surface area contributed by atoms with E-state index in [1.165, 1.54) is 30.3 Å². The van der Waals surface area contributed by atoms with Crippen LogP contribution in [0, 0.1) is 35.0 Å². The zero-order chi connectivity index (χ0) is 25.8. The Morgan fingerprint density at radius 1 is 0.806 bits per heavy atom. The molecular weight excluding hydrogens is 471 g/mol. The van der Waals surface area contributed by atoms with Crippen LogP contribution in [0.15, 0.2) is 55.1 Å². The lowest BCUT2D eigenvalue weighted by Crippen LogP contribution is -2.25. The first-order valence-electron chi connectivity index (χ1n) is 12.3. The van der Waals surface area contributed by atoms with Crippen LogP contribution in [0.4, 0.5) is 22.0 Å². The minimum absolute atomic E-state index is 0.0427. The van der Waals surface area contributed by atoms with E-state index in [-0.39, 0.29) is 34.8 Å². The van der Waals surface area contributed by atoms with Crippen LogP contribution in [0.25, 0.3) is 22.3 Å². The van der Waals surface area contributed by atoms with Gasteiger partial charge in [0.05, 0.1) is 12.7 Å². The fourth-order valence-electron chi connectivity index (χ4n) is 4.73. The van der Waals surface area contributed by atoms with Crippen molar-refractivity contribution in [2.24, 2.45) is 5.92 Å². The van der Waals surface area contributed by atoms with Crippen LogP contribution in [0.1, 0.15) is 43.7 Å². The van der Waals surface area contributed by atoms with Crippen molar-refractivity contribution in [2.75, 3.05) is 6.61 Å². The molecule has 0 spiro atoms. The molecule has 0 saturated carbocycles. The minimum atomic E-state index is -1.36. The lowest BCUT2D eigenvalue weighted by Gasteiger charge is -2.27. The molecule has 1 aliphatic heterocycles. The molecule has 1 saturated heterocycles. The molecule has 1 fully saturated rings. The summed E-state index contributed by atoms with van der Waals surface area (Å²) in [5.41, 5.74) is -0.277. The zero-order valence-electron chi connectivity index (χ0n) is 20.2. The van der Waals surface area contributed by atoms with Gasteiger partial charge in [-0.3, -0.25) is 0 Å². The summed E-state index contributed by atoms with van der Waals surface area (Å²) in [7, 11) is 0. The monoisotopic (exact) mass is 500 g/mol. The molecule has 2 unspecified atom stereocenters. The number of rotatable bonds is 8. The smallest absolute Gasteiger partial charge is 0.167 e. The average molecular weight is 501 g/mol. The molecule has 1 aliphatic rings. The number of benzene rings is 3. The molecule has 3 aromatic rings. The molecule has 3 aromatic carbocycles. The largest absolute Gasteiger partial charge is 0.378 e. The molecule has 1 nitrogen and oxygen atoms in total. The maximum absolute atomic E-state index is 15.0. The van der Waals surface area contributed by atoms with Gasteiger partial charge in [0.1, 0.15) is 5.82 Å². The zero-order valence-corrected chi connectivity index (χ0v) is 20.2. The fourth-order valence-corrected chi connectivity index (χ4v) is 4.73. The Morgan fingerprint density at radius 3 is 2.00 bits per heavy atom. The van der Waals surface area contributed by atoms with Gasteiger partial charge >= 0.3 is 0 Å². The molecule has 0 aromatic heterocycles. The third-order valence-corrected chi connectivity index (χ3v) is 6.87. The molecule has 1 heterocycles. The van der Waals surface area contributed by atoms with Gasteiger partial charge in [0.25, 0.3) is 0 Å². The van der Waals surface area contributed by atoms with Crippen molar-refractivity contribution in [2.45, 2.75) is 51.6 Å². The quantitative estimate of drug-likeness (QED) is 0.222. The average Bonchev–Trinajstić information content (AvgIpc) is 2.88. The number of aryl methyl sites for hydroxylation is 2. The van der Waals surface area contributed by atoms with Crippen molar-refractivity contribution in [3.8, 4) is 22.3 Å². The lowest BCUT2D eigenvalue weighted by molar-refractivity contribution is -0.00789. The minimum Gasteiger partial charge on any atom is -0.378 e. The van der Waals surface area contributed by atoms with Gasteiger partial charge in [-0.25, -0.2) is 22.0 Å². The van der Waals surface area contributed by atoms with Crippen LogP contribution < -0.4 is 0 Å². The molecule has 36 heavy (non-hydrogen) atoms. The van der Waals surface area contributed by atoms with Crippen molar-refractivity contribution >= 4 is 0 Å². The highest BCUT2D eigenvalue weighted by molar-refractivity contribution is 5.72. The number of ether oxygens (including phenoxy) is 1. The topological polar surface area (TPSA) is 9.23 Å². The van der Waals surface area contributed by atoms with E-state index in [1.54, 1.807) is 6.07 Å². The summed E-state index contributed by atoms with van der Waals surface area (Å²) in [6.07, 6.45) is 5.85. The molecular formula is C30H29F5O. The van der Waals surface area contributed by atoms with Gasteiger partial charge in [-0.15, -0.1) is 6.58 Å². The Hall–Kier alpha value is -2.99. The van der Waals surface area contributed by atoms with Crippen molar-refractivity contribution < 1.29 is 26.7 Å². The van der Waals surface area contributed by atoms with Gasteiger partial charge in [-0.2, -0.15) is 0 Å². The standard InChI is InChI=1S/C30H29F5O/c1-3-5-19-7-12-22(26(31)16-19)23-14-15-25(30(35)29(23)34)24-13-9-20(27(32)28(24)33)8-11-21-10-6-18(4-2)17-36-21/h4,7,9,12-16,18,21H,2-3,5-6,8,10-11,17H2,1H3. The first kappa shape index (κ1) is 26.1. The highest BCUT2D eigenvalue weighted by atomic mass is 19.2. The van der Waals surface area contributed by atoms with E-state index in [1.807, 2.05) is 13.0 Å². The van der Waals surface area contributed by atoms with E-state index in [4.69, 9.17) is 4.74 Å². The number of hydrogen-bond acceptors (Lipinski definition) is 1. The van der Waals surface area contributed by atoms with Gasteiger partial charge in [-0.1, -0.05) is 55.8 Å². The second kappa shape index (κ2) is 11.4. The second-order valence-corrected chi connectivity index (χ2v) is 9.32. The predicted molar refractivity (Wildman–Crippen MR) is 132 cm³/mol. The Morgan fingerprint density at radius 2 is 1.42 bits per heavy atom. The van der Waals surface area contributed by atoms with Crippen LogP contribution in [0.2, 0.25) is 0 Å². The summed E-state index contributed by atoms with van der Waals surface area (Å²) < 4.78 is 80.2. The van der Waals surface area contributed by atoms with Crippen LogP contribution >= 0.6 is 0 Å². The number of hydrogen-bond donors (Lipinski definition) is 0. The van der Waals surface area contributed by atoms with Crippen molar-refractivity contribution in [3.63, 3.8) is 0 Å². The SMILES string of the molecule is C=CC1CCC(CCc2ccc(-c3ccc(-c4ccc(CCC)cc4F)c(F)c3F)c(F)c2F)OC1. The molecule has 0 aliphatic carbocycles. The van der Waals surface area contributed by atoms with Gasteiger partial charge in [0.15, 0.2) is 23.3 Å². The molecule has 0 N–H and O–H groups in total. The van der Waals surface area contributed by atoms with E-state index < -0.39 is 34.6 Å². The summed E-state index contributed by atoms with van der Waals surface area (Å²) >= 11 is 0. The van der Waals surface area contributed by atoms with E-state index in [0.29, 0.717) is 25.4 Å². The maximum Gasteiger partial charge on any atom is 0.167 e. The summed E-state index contributed by atoms with van der Waals surface area (Å²) in [6.45, 7) is 6.29. The maximum atomic E-state index is 15.0. The Balaban J connectivity index is 1.56. The molecule has 190 valence electrons. The van der Waals surface area contributed by atoms with Crippen molar-refractivity contribution in [1.82, 2.24) is 0 Å². The predicted octanol–water partition coefficient (Wildman–Crippen LogP) is 8.58. The lowest BCUT2D eigenvalue weighted by atomic mass is 9.93. The van der Waals surface area contributed by atoms with E-state index in [2.05, 4.69) is 6.58 Å². The fraction of sp³-hybridized carbons (Fsp3) is 0.333. The summed E-state index contributed by atoms with van der Waals surface area (Å²) in [5, 5.41) is 0. The van der Waals surface area contributed by atoms with Gasteiger partial charge in [0, 0.05) is 28.2 Å². The Bertz CT molecular complexity index is 1240. The van der Waals surface area contributed by atoms with Crippen LogP contribution in [-0.2, 0) is 17.6 Å². The summed E-state index contributed by atoms with van der Waals surface area (Å²) in [5.74, 6) is -5.36. The Labute approximate surface area is 208 Å². The summed E-state index contributed by atoms with van der Waals surface area (Å²) in [6, 6.07) is 9.34. The Kier molecular flexibility index (Phi) is 8.24. The van der Waals surface area contributed by atoms with E-state index >= 15 is 4.39 Å². The molecule has 0 bridgehead atoms. The molecule has 6 heteroatoms. The van der Waals surface area contributed by atoms with Crippen LogP contribution in [0.3, 0.4) is 0 Å². The van der Waals surface area contributed by atoms with Crippen molar-refractivity contribution in [1.29, 1.82) is 0 Å². The van der Waals surface area contributed by atoms with Crippen LogP contribution in [0.5, 0.6) is 0 Å². The van der Waals surface area contributed by atoms with E-state index in [0.717, 1.165) is 30.9 Å². The van der Waals surface area contributed by atoms with E-state index in [9.17, 15) is 17.6 Å². The van der Waals surface area contributed by atoms with Crippen molar-refractivity contribution in [3.05, 3.63) is 95.3 Å². The highest BCUT2D eigenvalue weighted by Crippen LogP contribution is 2.35. The van der Waals surface area contributed by atoms with Gasteiger partial charge < -0.3 is 4.74 Å². The normalized spacial score (nSPS) is 17.8. The van der Waals surface area contributed by atoms with Gasteiger partial charge in [0.2, 0.25) is 0 Å². The third kappa shape index (κ3) is 5.39. The first-order valence-corrected chi connectivity index (χ1v) is 12.3. The van der Waals surface area contributed by atoms with Gasteiger partial charge in [-0.05, 0) is 49.3 Å². The molecule has 2 atom stereocenters. The number of halogens is 5. The summed E-state index contributed by atoms with van der Waals surface area (Å²) in [4.78, 5) is 0.